The summed E-state index contributed by atoms with van der Waals surface area (Å²) in [5, 5.41) is 0.0940. The van der Waals surface area contributed by atoms with E-state index in [0.29, 0.717) is 30.7 Å². The highest BCUT2D eigenvalue weighted by molar-refractivity contribution is 7.89. The number of halogens is 1. The molecule has 2 heterocycles. The number of benzene rings is 2. The van der Waals surface area contributed by atoms with Crippen LogP contribution in [0.1, 0.15) is 12.5 Å². The van der Waals surface area contributed by atoms with Gasteiger partial charge < -0.3 is 14.9 Å². The molecule has 1 saturated heterocycles. The van der Waals surface area contributed by atoms with Crippen molar-refractivity contribution in [1.82, 2.24) is 14.3 Å². The molecular weight excluding hydrogens is 400 g/mol. The van der Waals surface area contributed by atoms with Crippen LogP contribution >= 0.6 is 11.6 Å². The smallest absolute Gasteiger partial charge is 0.323 e. The van der Waals surface area contributed by atoms with E-state index >= 15 is 0 Å². The number of aryl methyl sites for hydroxylation is 1. The molecule has 1 aliphatic rings. The van der Waals surface area contributed by atoms with Gasteiger partial charge in [0.1, 0.15) is 4.90 Å². The van der Waals surface area contributed by atoms with E-state index in [4.69, 9.17) is 11.6 Å². The van der Waals surface area contributed by atoms with Gasteiger partial charge in [-0.15, -0.1) is 0 Å². The van der Waals surface area contributed by atoms with Gasteiger partial charge in [0.2, 0.25) is 10.0 Å². The zero-order valence-corrected chi connectivity index (χ0v) is 17.1. The lowest BCUT2D eigenvalue weighted by molar-refractivity contribution is 0.342. The molecule has 0 spiro atoms. The van der Waals surface area contributed by atoms with E-state index < -0.39 is 15.7 Å². The average Bonchev–Trinajstić information content (AvgIpc) is 2.99. The van der Waals surface area contributed by atoms with Crippen molar-refractivity contribution in [3.8, 4) is 0 Å². The Morgan fingerprint density at radius 1 is 1.11 bits per heavy atom. The topological polar surface area (TPSA) is 89.3 Å². The van der Waals surface area contributed by atoms with Crippen molar-refractivity contribution in [2.75, 3.05) is 24.5 Å². The fourth-order valence-electron chi connectivity index (χ4n) is 3.71. The maximum Gasteiger partial charge on any atom is 0.323 e. The van der Waals surface area contributed by atoms with Gasteiger partial charge in [-0.2, -0.15) is 4.31 Å². The minimum Gasteiger partial charge on any atom is -0.366 e. The van der Waals surface area contributed by atoms with Gasteiger partial charge in [0.05, 0.1) is 16.1 Å². The minimum atomic E-state index is -3.78. The maximum atomic E-state index is 13.2. The van der Waals surface area contributed by atoms with Gasteiger partial charge in [0.25, 0.3) is 0 Å². The second-order valence-electron chi connectivity index (χ2n) is 7.15. The van der Waals surface area contributed by atoms with Crippen LogP contribution in [0.3, 0.4) is 0 Å². The summed E-state index contributed by atoms with van der Waals surface area (Å²) in [5.41, 5.74) is 2.75. The summed E-state index contributed by atoms with van der Waals surface area (Å²) in [6, 6.07) is 11.1. The summed E-state index contributed by atoms with van der Waals surface area (Å²) in [5.74, 6) is 0. The number of piperazine rings is 1. The fourth-order valence-corrected chi connectivity index (χ4v) is 5.75. The Kier molecular flexibility index (Phi) is 4.73. The van der Waals surface area contributed by atoms with Gasteiger partial charge in [0, 0.05) is 31.4 Å². The third-order valence-corrected chi connectivity index (χ3v) is 7.44. The SMILES string of the molecule is Cc1cccc(N2CCN(S(=O)(=O)c3cc4[nH]c(=O)[nH]c4cc3Cl)C[C@@H]2C)c1. The van der Waals surface area contributed by atoms with Crippen LogP contribution in [-0.2, 0) is 10.0 Å². The normalized spacial score (nSPS) is 18.7. The maximum absolute atomic E-state index is 13.2. The third kappa shape index (κ3) is 3.32. The van der Waals surface area contributed by atoms with Crippen LogP contribution in [0.25, 0.3) is 11.0 Å². The predicted molar refractivity (Wildman–Crippen MR) is 111 cm³/mol. The standard InChI is InChI=1S/C19H21ClN4O3S/c1-12-4-3-5-14(8-12)24-7-6-23(11-13(24)2)28(26,27)18-10-17-16(9-15(18)20)21-19(25)22-17/h3-5,8-10,13H,6-7,11H2,1-2H3,(H2,21,22,25)/t13-/m0/s1. The number of sulfonamides is 1. The summed E-state index contributed by atoms with van der Waals surface area (Å²) < 4.78 is 27.9. The number of anilines is 1. The van der Waals surface area contributed by atoms with Gasteiger partial charge in [-0.25, -0.2) is 13.2 Å². The molecule has 1 aliphatic heterocycles. The summed E-state index contributed by atoms with van der Waals surface area (Å²) >= 11 is 6.24. The highest BCUT2D eigenvalue weighted by Crippen LogP contribution is 2.30. The van der Waals surface area contributed by atoms with E-state index in [1.807, 2.05) is 32.0 Å². The predicted octanol–water partition coefficient (Wildman–Crippen LogP) is 2.72. The first-order valence-electron chi connectivity index (χ1n) is 9.01. The molecule has 2 N–H and O–H groups in total. The van der Waals surface area contributed by atoms with E-state index in [-0.39, 0.29) is 16.0 Å². The van der Waals surface area contributed by atoms with Crippen LogP contribution in [0.5, 0.6) is 0 Å². The quantitative estimate of drug-likeness (QED) is 0.681. The monoisotopic (exact) mass is 420 g/mol. The Balaban J connectivity index is 1.63. The molecule has 1 aromatic heterocycles. The molecule has 0 radical (unpaired) electrons. The van der Waals surface area contributed by atoms with E-state index in [0.717, 1.165) is 5.69 Å². The lowest BCUT2D eigenvalue weighted by Crippen LogP contribution is -2.53. The van der Waals surface area contributed by atoms with Crippen LogP contribution in [0.15, 0.2) is 46.1 Å². The molecule has 1 fully saturated rings. The van der Waals surface area contributed by atoms with E-state index in [1.165, 1.54) is 22.0 Å². The number of hydrogen-bond donors (Lipinski definition) is 2. The van der Waals surface area contributed by atoms with Crippen molar-refractivity contribution in [2.24, 2.45) is 0 Å². The number of rotatable bonds is 3. The number of hydrogen-bond acceptors (Lipinski definition) is 4. The van der Waals surface area contributed by atoms with Gasteiger partial charge >= 0.3 is 5.69 Å². The molecule has 0 bridgehead atoms. The van der Waals surface area contributed by atoms with Gasteiger partial charge in [-0.05, 0) is 43.7 Å². The van der Waals surface area contributed by atoms with Crippen molar-refractivity contribution < 1.29 is 8.42 Å². The molecular formula is C19H21ClN4O3S. The zero-order valence-electron chi connectivity index (χ0n) is 15.6. The number of H-pyrrole nitrogens is 2. The molecule has 148 valence electrons. The highest BCUT2D eigenvalue weighted by atomic mass is 35.5. The first-order chi connectivity index (χ1) is 13.3. The highest BCUT2D eigenvalue weighted by Gasteiger charge is 2.34. The molecule has 0 unspecified atom stereocenters. The van der Waals surface area contributed by atoms with E-state index in [1.54, 1.807) is 0 Å². The van der Waals surface area contributed by atoms with Crippen LogP contribution in [-0.4, -0.2) is 48.4 Å². The molecule has 3 aromatic rings. The van der Waals surface area contributed by atoms with Crippen LogP contribution in [0.2, 0.25) is 5.02 Å². The fraction of sp³-hybridized carbons (Fsp3) is 0.316. The molecule has 1 atom stereocenters. The molecule has 0 aliphatic carbocycles. The van der Waals surface area contributed by atoms with Crippen LogP contribution in [0.4, 0.5) is 5.69 Å². The Morgan fingerprint density at radius 2 is 1.82 bits per heavy atom. The average molecular weight is 421 g/mol. The number of aromatic nitrogens is 2. The largest absolute Gasteiger partial charge is 0.366 e. The lowest BCUT2D eigenvalue weighted by Gasteiger charge is -2.40. The zero-order chi connectivity index (χ0) is 20.1. The lowest BCUT2D eigenvalue weighted by atomic mass is 10.1. The summed E-state index contributed by atoms with van der Waals surface area (Å²) in [6.07, 6.45) is 0. The van der Waals surface area contributed by atoms with Crippen molar-refractivity contribution in [2.45, 2.75) is 24.8 Å². The van der Waals surface area contributed by atoms with Crippen molar-refractivity contribution >= 4 is 38.3 Å². The second kappa shape index (κ2) is 6.95. The molecule has 9 heteroatoms. The summed E-state index contributed by atoms with van der Waals surface area (Å²) in [7, 11) is -3.78. The summed E-state index contributed by atoms with van der Waals surface area (Å²) in [6.45, 7) is 5.36. The molecule has 7 nitrogen and oxygen atoms in total. The van der Waals surface area contributed by atoms with Gasteiger partial charge in [-0.3, -0.25) is 0 Å². The van der Waals surface area contributed by atoms with Gasteiger partial charge in [0.15, 0.2) is 0 Å². The Morgan fingerprint density at radius 3 is 2.50 bits per heavy atom. The second-order valence-corrected chi connectivity index (χ2v) is 9.47. The third-order valence-electron chi connectivity index (χ3n) is 5.11. The van der Waals surface area contributed by atoms with Crippen molar-refractivity contribution in [3.63, 3.8) is 0 Å². The number of aromatic amines is 2. The van der Waals surface area contributed by atoms with Crippen LogP contribution < -0.4 is 10.6 Å². The number of nitrogens with one attached hydrogen (secondary N) is 2. The molecule has 0 saturated carbocycles. The first-order valence-corrected chi connectivity index (χ1v) is 10.8. The van der Waals surface area contributed by atoms with E-state index in [2.05, 4.69) is 20.9 Å². The van der Waals surface area contributed by atoms with Crippen molar-refractivity contribution in [3.05, 3.63) is 57.5 Å². The summed E-state index contributed by atoms with van der Waals surface area (Å²) in [4.78, 5) is 18.9. The van der Waals surface area contributed by atoms with Crippen LogP contribution in [0, 0.1) is 6.92 Å². The Labute approximate surface area is 168 Å². The van der Waals surface area contributed by atoms with E-state index in [9.17, 15) is 13.2 Å². The Hall–Kier alpha value is -2.29. The molecule has 0 amide bonds. The first kappa shape index (κ1) is 19.0. The minimum absolute atomic E-state index is 0.00752. The molecule has 2 aromatic carbocycles. The van der Waals surface area contributed by atoms with Crippen molar-refractivity contribution in [1.29, 1.82) is 0 Å². The number of nitrogens with zero attached hydrogens (tertiary/aromatic N) is 2. The molecule has 28 heavy (non-hydrogen) atoms. The van der Waals surface area contributed by atoms with Gasteiger partial charge in [-0.1, -0.05) is 23.7 Å². The number of fused-ring (bicyclic) bond motifs is 1. The molecule has 4 rings (SSSR count). The number of imidazole rings is 1. The Bertz CT molecular complexity index is 1200.